The zero-order valence-electron chi connectivity index (χ0n) is 19.6. The van der Waals surface area contributed by atoms with E-state index in [1.165, 1.54) is 11.8 Å². The molecule has 180 valence electrons. The Hall–Kier alpha value is -4.36. The third kappa shape index (κ3) is 6.40. The molecule has 0 aliphatic carbocycles. The number of benzene rings is 4. The lowest BCUT2D eigenvalue weighted by atomic mass is 10.1. The molecule has 4 rings (SSSR count). The summed E-state index contributed by atoms with van der Waals surface area (Å²) in [4.78, 5) is 38.2. The van der Waals surface area contributed by atoms with Gasteiger partial charge in [0, 0.05) is 27.4 Å². The van der Waals surface area contributed by atoms with E-state index in [1.54, 1.807) is 30.3 Å². The Morgan fingerprint density at radius 3 is 2.14 bits per heavy atom. The number of hydrogen-bond acceptors (Lipinski definition) is 4. The first kappa shape index (κ1) is 24.8. The Kier molecular flexibility index (Phi) is 7.82. The summed E-state index contributed by atoms with van der Waals surface area (Å²) >= 11 is 1.38. The molecule has 3 amide bonds. The summed E-state index contributed by atoms with van der Waals surface area (Å²) in [5, 5.41) is 5.30. The Morgan fingerprint density at radius 2 is 1.44 bits per heavy atom. The molecule has 0 heterocycles. The van der Waals surface area contributed by atoms with Gasteiger partial charge in [0.1, 0.15) is 5.25 Å². The first-order valence-electron chi connectivity index (χ1n) is 11.3. The first-order valence-corrected chi connectivity index (χ1v) is 12.2. The number of primary amides is 1. The maximum absolute atomic E-state index is 13.3. The highest BCUT2D eigenvalue weighted by Crippen LogP contribution is 2.37. The van der Waals surface area contributed by atoms with Gasteiger partial charge in [-0.25, -0.2) is 0 Å². The van der Waals surface area contributed by atoms with E-state index in [4.69, 9.17) is 5.73 Å². The third-order valence-electron chi connectivity index (χ3n) is 5.40. The Bertz CT molecular complexity index is 1390. The second kappa shape index (κ2) is 11.4. The van der Waals surface area contributed by atoms with E-state index < -0.39 is 11.2 Å². The molecule has 4 aromatic carbocycles. The molecule has 0 saturated carbocycles. The molecular formula is C29H25N3O3S. The van der Waals surface area contributed by atoms with Gasteiger partial charge in [-0.1, -0.05) is 54.1 Å². The molecule has 0 aliphatic heterocycles. The van der Waals surface area contributed by atoms with E-state index in [9.17, 15) is 14.4 Å². The molecule has 4 aromatic rings. The second-order valence-corrected chi connectivity index (χ2v) is 9.37. The van der Waals surface area contributed by atoms with Crippen molar-refractivity contribution in [3.8, 4) is 0 Å². The lowest BCUT2D eigenvalue weighted by molar-refractivity contribution is -0.115. The van der Waals surface area contributed by atoms with Gasteiger partial charge in [-0.2, -0.15) is 0 Å². The largest absolute Gasteiger partial charge is 0.366 e. The molecule has 0 aromatic heterocycles. The highest BCUT2D eigenvalue weighted by molar-refractivity contribution is 8.00. The van der Waals surface area contributed by atoms with Gasteiger partial charge < -0.3 is 16.4 Å². The molecular weight excluding hydrogens is 470 g/mol. The minimum atomic E-state index is -0.551. The molecule has 0 fully saturated rings. The number of rotatable bonds is 8. The summed E-state index contributed by atoms with van der Waals surface area (Å²) in [7, 11) is 0. The van der Waals surface area contributed by atoms with Crippen molar-refractivity contribution in [3.63, 3.8) is 0 Å². The monoisotopic (exact) mass is 495 g/mol. The number of nitrogens with one attached hydrogen (secondary N) is 2. The van der Waals surface area contributed by atoms with E-state index in [-0.39, 0.29) is 11.8 Å². The third-order valence-corrected chi connectivity index (χ3v) is 6.65. The van der Waals surface area contributed by atoms with Crippen molar-refractivity contribution >= 4 is 40.9 Å². The van der Waals surface area contributed by atoms with Gasteiger partial charge >= 0.3 is 0 Å². The van der Waals surface area contributed by atoms with E-state index >= 15 is 0 Å². The number of nitrogens with two attached hydrogens (primary N) is 1. The van der Waals surface area contributed by atoms with E-state index in [2.05, 4.69) is 10.6 Å². The van der Waals surface area contributed by atoms with Crippen molar-refractivity contribution in [1.82, 2.24) is 0 Å². The molecule has 1 unspecified atom stereocenters. The molecule has 0 bridgehead atoms. The van der Waals surface area contributed by atoms with Crippen LogP contribution in [0, 0.1) is 6.92 Å². The fourth-order valence-corrected chi connectivity index (χ4v) is 4.68. The van der Waals surface area contributed by atoms with Crippen LogP contribution < -0.4 is 16.4 Å². The van der Waals surface area contributed by atoms with Crippen molar-refractivity contribution in [2.24, 2.45) is 5.73 Å². The molecule has 0 spiro atoms. The number of carbonyl (C=O) groups is 3. The summed E-state index contributed by atoms with van der Waals surface area (Å²) in [5.41, 5.74) is 9.29. The van der Waals surface area contributed by atoms with Gasteiger partial charge in [-0.3, -0.25) is 14.4 Å². The fraction of sp³-hybridized carbons (Fsp3) is 0.0690. The highest BCUT2D eigenvalue weighted by Gasteiger charge is 2.22. The van der Waals surface area contributed by atoms with Crippen LogP contribution >= 0.6 is 11.8 Å². The van der Waals surface area contributed by atoms with Crippen molar-refractivity contribution in [2.45, 2.75) is 17.1 Å². The number of aryl methyl sites for hydroxylation is 1. The van der Waals surface area contributed by atoms with Gasteiger partial charge in [0.15, 0.2) is 0 Å². The SMILES string of the molecule is Cc1cccc(C(=O)Nc2cccc(SC(C(=O)Nc3ccc(C(N)=O)cc3)c3ccccc3)c2)c1. The lowest BCUT2D eigenvalue weighted by Crippen LogP contribution is -2.19. The van der Waals surface area contributed by atoms with Gasteiger partial charge in [0.05, 0.1) is 0 Å². The number of thioether (sulfide) groups is 1. The van der Waals surface area contributed by atoms with Crippen LogP contribution in [0.15, 0.2) is 108 Å². The van der Waals surface area contributed by atoms with Crippen LogP contribution in [0.2, 0.25) is 0 Å². The van der Waals surface area contributed by atoms with Crippen molar-refractivity contribution in [1.29, 1.82) is 0 Å². The van der Waals surface area contributed by atoms with E-state index in [0.717, 1.165) is 16.0 Å². The van der Waals surface area contributed by atoms with Crippen LogP contribution in [0.25, 0.3) is 0 Å². The number of amides is 3. The molecule has 0 radical (unpaired) electrons. The number of anilines is 2. The zero-order chi connectivity index (χ0) is 25.5. The van der Waals surface area contributed by atoms with E-state index in [1.807, 2.05) is 79.7 Å². The van der Waals surface area contributed by atoms with Gasteiger partial charge in [-0.05, 0) is 67.1 Å². The predicted molar refractivity (Wildman–Crippen MR) is 144 cm³/mol. The average Bonchev–Trinajstić information content (AvgIpc) is 2.88. The van der Waals surface area contributed by atoms with Crippen LogP contribution in [0.5, 0.6) is 0 Å². The van der Waals surface area contributed by atoms with Crippen molar-refractivity contribution in [2.75, 3.05) is 10.6 Å². The van der Waals surface area contributed by atoms with Gasteiger partial charge in [0.2, 0.25) is 11.8 Å². The minimum Gasteiger partial charge on any atom is -0.366 e. The normalized spacial score (nSPS) is 11.4. The molecule has 1 atom stereocenters. The average molecular weight is 496 g/mol. The Morgan fingerprint density at radius 1 is 0.722 bits per heavy atom. The maximum atomic E-state index is 13.3. The molecule has 4 N–H and O–H groups in total. The smallest absolute Gasteiger partial charge is 0.255 e. The minimum absolute atomic E-state index is 0.197. The van der Waals surface area contributed by atoms with Crippen LogP contribution in [-0.4, -0.2) is 17.7 Å². The highest BCUT2D eigenvalue weighted by atomic mass is 32.2. The molecule has 36 heavy (non-hydrogen) atoms. The standard InChI is InChI=1S/C29H25N3O3S/c1-19-7-5-10-22(17-19)28(34)32-24-11-6-12-25(18-24)36-26(20-8-3-2-4-9-20)29(35)31-23-15-13-21(14-16-23)27(30)33/h2-18,26H,1H3,(H2,30,33)(H,31,35)(H,32,34). The molecule has 6 nitrogen and oxygen atoms in total. The Balaban J connectivity index is 1.53. The van der Waals surface area contributed by atoms with Gasteiger partial charge in [0.25, 0.3) is 5.91 Å². The summed E-state index contributed by atoms with van der Waals surface area (Å²) in [6, 6.07) is 30.7. The molecule has 0 saturated heterocycles. The summed E-state index contributed by atoms with van der Waals surface area (Å²) in [6.45, 7) is 1.94. The van der Waals surface area contributed by atoms with Gasteiger partial charge in [-0.15, -0.1) is 11.8 Å². The molecule has 7 heteroatoms. The van der Waals surface area contributed by atoms with Crippen molar-refractivity contribution in [3.05, 3.63) is 125 Å². The van der Waals surface area contributed by atoms with Crippen LogP contribution in [0.4, 0.5) is 11.4 Å². The number of hydrogen-bond donors (Lipinski definition) is 3. The summed E-state index contributed by atoms with van der Waals surface area (Å²) in [5.74, 6) is -0.940. The quantitative estimate of drug-likeness (QED) is 0.268. The Labute approximate surface area is 213 Å². The number of carbonyl (C=O) groups excluding carboxylic acids is 3. The van der Waals surface area contributed by atoms with Crippen molar-refractivity contribution < 1.29 is 14.4 Å². The maximum Gasteiger partial charge on any atom is 0.255 e. The fourth-order valence-electron chi connectivity index (χ4n) is 3.60. The van der Waals surface area contributed by atoms with Crippen LogP contribution in [0.3, 0.4) is 0 Å². The second-order valence-electron chi connectivity index (χ2n) is 8.19. The predicted octanol–water partition coefficient (Wildman–Crippen LogP) is 5.82. The van der Waals surface area contributed by atoms with Crippen LogP contribution in [-0.2, 0) is 4.79 Å². The first-order chi connectivity index (χ1) is 17.4. The van der Waals surface area contributed by atoms with E-state index in [0.29, 0.717) is 22.5 Å². The summed E-state index contributed by atoms with van der Waals surface area (Å²) < 4.78 is 0. The lowest BCUT2D eigenvalue weighted by Gasteiger charge is -2.18. The molecule has 0 aliphatic rings. The van der Waals surface area contributed by atoms with Crippen LogP contribution in [0.1, 0.15) is 37.1 Å². The topological polar surface area (TPSA) is 101 Å². The summed E-state index contributed by atoms with van der Waals surface area (Å²) in [6.07, 6.45) is 0. The zero-order valence-corrected chi connectivity index (χ0v) is 20.4.